The van der Waals surface area contributed by atoms with Crippen molar-refractivity contribution in [3.8, 4) is 0 Å². The van der Waals surface area contributed by atoms with Crippen molar-refractivity contribution in [3.05, 3.63) is 51.4 Å². The maximum absolute atomic E-state index is 12.0. The molecule has 2 aromatic rings. The van der Waals surface area contributed by atoms with E-state index in [-0.39, 0.29) is 10.7 Å². The molecule has 2 aromatic heterocycles. The van der Waals surface area contributed by atoms with Crippen LogP contribution in [0.25, 0.3) is 0 Å². The number of carboxylic acid groups (broad SMARTS) is 1. The Morgan fingerprint density at radius 1 is 1.42 bits per heavy atom. The quantitative estimate of drug-likeness (QED) is 0.849. The van der Waals surface area contributed by atoms with E-state index in [2.05, 4.69) is 10.3 Å². The lowest BCUT2D eigenvalue weighted by Gasteiger charge is -2.12. The van der Waals surface area contributed by atoms with Gasteiger partial charge in [-0.05, 0) is 23.6 Å². The summed E-state index contributed by atoms with van der Waals surface area (Å²) in [5.74, 6) is -1.62. The molecule has 0 fully saturated rings. The van der Waals surface area contributed by atoms with Crippen LogP contribution in [0.4, 0.5) is 0 Å². The SMILES string of the molecule is O=C(NC(C(=O)O)c1cccs1)c1ccnc(Cl)c1. The zero-order valence-corrected chi connectivity index (χ0v) is 11.1. The summed E-state index contributed by atoms with van der Waals surface area (Å²) < 4.78 is 0. The van der Waals surface area contributed by atoms with E-state index in [9.17, 15) is 9.59 Å². The van der Waals surface area contributed by atoms with Crippen LogP contribution < -0.4 is 5.32 Å². The summed E-state index contributed by atoms with van der Waals surface area (Å²) in [6.07, 6.45) is 1.39. The van der Waals surface area contributed by atoms with Crippen molar-refractivity contribution in [2.45, 2.75) is 6.04 Å². The van der Waals surface area contributed by atoms with Crippen molar-refractivity contribution in [2.24, 2.45) is 0 Å². The van der Waals surface area contributed by atoms with Gasteiger partial charge in [0.1, 0.15) is 5.15 Å². The average Bonchev–Trinajstić information content (AvgIpc) is 2.88. The largest absolute Gasteiger partial charge is 0.479 e. The maximum Gasteiger partial charge on any atom is 0.331 e. The first-order chi connectivity index (χ1) is 9.08. The van der Waals surface area contributed by atoms with Gasteiger partial charge in [-0.1, -0.05) is 17.7 Å². The van der Waals surface area contributed by atoms with Gasteiger partial charge in [0.05, 0.1) is 0 Å². The van der Waals surface area contributed by atoms with Gasteiger partial charge in [-0.15, -0.1) is 11.3 Å². The Balaban J connectivity index is 2.19. The third-order valence-electron chi connectivity index (χ3n) is 2.34. The molecule has 2 N–H and O–H groups in total. The van der Waals surface area contributed by atoms with Crippen LogP contribution in [-0.2, 0) is 4.79 Å². The highest BCUT2D eigenvalue weighted by molar-refractivity contribution is 7.10. The lowest BCUT2D eigenvalue weighted by atomic mass is 10.2. The zero-order valence-electron chi connectivity index (χ0n) is 9.54. The minimum Gasteiger partial charge on any atom is -0.479 e. The first-order valence-corrected chi connectivity index (χ1v) is 6.52. The van der Waals surface area contributed by atoms with Gasteiger partial charge in [-0.3, -0.25) is 4.79 Å². The molecule has 0 saturated heterocycles. The van der Waals surface area contributed by atoms with E-state index >= 15 is 0 Å². The number of hydrogen-bond donors (Lipinski definition) is 2. The molecule has 0 aliphatic heterocycles. The minimum absolute atomic E-state index is 0.177. The number of carbonyl (C=O) groups is 2. The van der Waals surface area contributed by atoms with Crippen molar-refractivity contribution in [3.63, 3.8) is 0 Å². The van der Waals surface area contributed by atoms with Crippen LogP contribution in [0.1, 0.15) is 21.3 Å². The van der Waals surface area contributed by atoms with E-state index < -0.39 is 17.9 Å². The second-order valence-corrected chi connectivity index (χ2v) is 4.99. The van der Waals surface area contributed by atoms with E-state index in [1.807, 2.05) is 0 Å². The van der Waals surface area contributed by atoms with E-state index in [0.717, 1.165) is 0 Å². The van der Waals surface area contributed by atoms with Gasteiger partial charge in [-0.2, -0.15) is 0 Å². The summed E-state index contributed by atoms with van der Waals surface area (Å²) >= 11 is 6.95. The molecule has 0 aliphatic rings. The lowest BCUT2D eigenvalue weighted by molar-refractivity contribution is -0.139. The molecular formula is C12H9ClN2O3S. The van der Waals surface area contributed by atoms with E-state index in [4.69, 9.17) is 16.7 Å². The van der Waals surface area contributed by atoms with Crippen LogP contribution in [0.5, 0.6) is 0 Å². The molecule has 1 unspecified atom stereocenters. The van der Waals surface area contributed by atoms with Crippen molar-refractivity contribution in [1.29, 1.82) is 0 Å². The van der Waals surface area contributed by atoms with Gasteiger partial charge in [0.15, 0.2) is 6.04 Å². The fourth-order valence-corrected chi connectivity index (χ4v) is 2.41. The molecule has 0 radical (unpaired) electrons. The number of halogens is 1. The standard InChI is InChI=1S/C12H9ClN2O3S/c13-9-6-7(3-4-14-9)11(16)15-10(12(17)18)8-2-1-5-19-8/h1-6,10H,(H,15,16)(H,17,18). The number of pyridine rings is 1. The van der Waals surface area contributed by atoms with Gasteiger partial charge in [0, 0.05) is 16.6 Å². The number of amides is 1. The summed E-state index contributed by atoms with van der Waals surface area (Å²) in [6, 6.07) is 5.16. The summed E-state index contributed by atoms with van der Waals surface area (Å²) in [5.41, 5.74) is 0.266. The highest BCUT2D eigenvalue weighted by Crippen LogP contribution is 2.20. The number of aliphatic carboxylic acids is 1. The Kier molecular flexibility index (Phi) is 4.13. The number of aromatic nitrogens is 1. The number of carbonyl (C=O) groups excluding carboxylic acids is 1. The van der Waals surface area contributed by atoms with Gasteiger partial charge < -0.3 is 10.4 Å². The van der Waals surface area contributed by atoms with Gasteiger partial charge in [0.2, 0.25) is 0 Å². The second kappa shape index (κ2) is 5.81. The summed E-state index contributed by atoms with van der Waals surface area (Å²) in [6.45, 7) is 0. The van der Waals surface area contributed by atoms with Crippen molar-refractivity contribution < 1.29 is 14.7 Å². The molecule has 0 spiro atoms. The average molecular weight is 297 g/mol. The molecule has 5 nitrogen and oxygen atoms in total. The van der Waals surface area contributed by atoms with Gasteiger partial charge >= 0.3 is 5.97 Å². The summed E-state index contributed by atoms with van der Waals surface area (Å²) in [7, 11) is 0. The molecule has 1 atom stereocenters. The van der Waals surface area contributed by atoms with Crippen molar-refractivity contribution in [2.75, 3.05) is 0 Å². The van der Waals surface area contributed by atoms with Crippen molar-refractivity contribution >= 4 is 34.8 Å². The van der Waals surface area contributed by atoms with Crippen LogP contribution in [0.15, 0.2) is 35.8 Å². The number of carboxylic acids is 1. The molecule has 2 rings (SSSR count). The highest BCUT2D eigenvalue weighted by atomic mass is 35.5. The normalized spacial score (nSPS) is 11.8. The number of thiophene rings is 1. The number of nitrogens with one attached hydrogen (secondary N) is 1. The van der Waals surface area contributed by atoms with Crippen LogP contribution in [0.2, 0.25) is 5.15 Å². The number of rotatable bonds is 4. The molecule has 0 aliphatic carbocycles. The second-order valence-electron chi connectivity index (χ2n) is 3.63. The topological polar surface area (TPSA) is 79.3 Å². The van der Waals surface area contributed by atoms with Gasteiger partial charge in [-0.25, -0.2) is 9.78 Å². The fourth-order valence-electron chi connectivity index (χ4n) is 1.47. The van der Waals surface area contributed by atoms with Crippen LogP contribution in [0.3, 0.4) is 0 Å². The zero-order chi connectivity index (χ0) is 13.8. The molecule has 98 valence electrons. The predicted molar refractivity (Wildman–Crippen MR) is 71.4 cm³/mol. The lowest BCUT2D eigenvalue weighted by Crippen LogP contribution is -2.33. The maximum atomic E-state index is 12.0. The Bertz CT molecular complexity index is 601. The Hall–Kier alpha value is -1.92. The Morgan fingerprint density at radius 2 is 2.21 bits per heavy atom. The Morgan fingerprint density at radius 3 is 2.79 bits per heavy atom. The van der Waals surface area contributed by atoms with E-state index in [1.165, 1.54) is 29.7 Å². The number of nitrogens with zero attached hydrogens (tertiary/aromatic N) is 1. The molecule has 0 saturated carbocycles. The summed E-state index contributed by atoms with van der Waals surface area (Å²) in [5, 5.41) is 13.5. The molecule has 7 heteroatoms. The molecule has 0 aromatic carbocycles. The highest BCUT2D eigenvalue weighted by Gasteiger charge is 2.23. The molecular weight excluding hydrogens is 288 g/mol. The molecule has 19 heavy (non-hydrogen) atoms. The van der Waals surface area contributed by atoms with Crippen LogP contribution in [0, 0.1) is 0 Å². The van der Waals surface area contributed by atoms with Crippen molar-refractivity contribution in [1.82, 2.24) is 10.3 Å². The first-order valence-electron chi connectivity index (χ1n) is 5.26. The Labute approximate surface area is 117 Å². The third-order valence-corrected chi connectivity index (χ3v) is 3.48. The predicted octanol–water partition coefficient (Wildman–Crippen LogP) is 2.35. The first kappa shape index (κ1) is 13.5. The van der Waals surface area contributed by atoms with E-state index in [0.29, 0.717) is 4.88 Å². The third kappa shape index (κ3) is 3.30. The smallest absolute Gasteiger partial charge is 0.331 e. The van der Waals surface area contributed by atoms with Crippen LogP contribution >= 0.6 is 22.9 Å². The fraction of sp³-hybridized carbons (Fsp3) is 0.0833. The molecule has 0 bridgehead atoms. The van der Waals surface area contributed by atoms with Gasteiger partial charge in [0.25, 0.3) is 5.91 Å². The number of hydrogen-bond acceptors (Lipinski definition) is 4. The summed E-state index contributed by atoms with van der Waals surface area (Å²) in [4.78, 5) is 27.4. The minimum atomic E-state index is -1.11. The molecule has 2 heterocycles. The van der Waals surface area contributed by atoms with E-state index in [1.54, 1.807) is 17.5 Å². The monoisotopic (exact) mass is 296 g/mol. The van der Waals surface area contributed by atoms with Crippen LogP contribution in [-0.4, -0.2) is 22.0 Å². The molecule has 1 amide bonds.